The maximum absolute atomic E-state index is 5.59. The van der Waals surface area contributed by atoms with E-state index >= 15 is 0 Å². The van der Waals surface area contributed by atoms with Gasteiger partial charge in [-0.2, -0.15) is 0 Å². The van der Waals surface area contributed by atoms with Gasteiger partial charge in [-0.3, -0.25) is 10.9 Å². The van der Waals surface area contributed by atoms with Crippen molar-refractivity contribution in [3.05, 3.63) is 54.6 Å². The molecule has 0 spiro atoms. The van der Waals surface area contributed by atoms with Crippen LogP contribution in [-0.2, 0) is 0 Å². The first-order valence-electron chi connectivity index (χ1n) is 6.49. The van der Waals surface area contributed by atoms with Crippen LogP contribution in [0, 0.1) is 0 Å². The summed E-state index contributed by atoms with van der Waals surface area (Å²) in [5, 5.41) is 3.52. The van der Waals surface area contributed by atoms with Crippen molar-refractivity contribution in [1.29, 1.82) is 0 Å². The van der Waals surface area contributed by atoms with Crippen molar-refractivity contribution in [2.24, 2.45) is 4.99 Å². The number of aliphatic imine (C=N–C) groups is 1. The first kappa shape index (κ1) is 13.4. The van der Waals surface area contributed by atoms with Crippen molar-refractivity contribution >= 4 is 34.5 Å². The summed E-state index contributed by atoms with van der Waals surface area (Å²) in [5.74, 6) is 1.46. The van der Waals surface area contributed by atoms with Gasteiger partial charge in [0.05, 0.1) is 0 Å². The third kappa shape index (κ3) is 3.49. The molecule has 3 rings (SSSR count). The Morgan fingerprint density at radius 2 is 1.81 bits per heavy atom. The maximum atomic E-state index is 5.59. The van der Waals surface area contributed by atoms with Gasteiger partial charge >= 0.3 is 0 Å². The summed E-state index contributed by atoms with van der Waals surface area (Å²) < 4.78 is 5.59. The van der Waals surface area contributed by atoms with Crippen LogP contribution < -0.4 is 20.9 Å². The molecule has 2 aromatic carbocycles. The number of thiocarbonyl (C=S) groups is 1. The zero-order valence-electron chi connectivity index (χ0n) is 11.2. The van der Waals surface area contributed by atoms with Gasteiger partial charge in [0.25, 0.3) is 0 Å². The van der Waals surface area contributed by atoms with Crippen LogP contribution in [0.3, 0.4) is 0 Å². The molecule has 0 aliphatic carbocycles. The number of fused-ring (bicyclic) bond motifs is 1. The minimum Gasteiger partial charge on any atom is -0.483 e. The lowest BCUT2D eigenvalue weighted by Gasteiger charge is -2.19. The highest BCUT2D eigenvalue weighted by molar-refractivity contribution is 7.80. The Labute approximate surface area is 128 Å². The van der Waals surface area contributed by atoms with Crippen LogP contribution in [0.4, 0.5) is 11.4 Å². The normalized spacial score (nSPS) is 12.5. The number of nitrogens with one attached hydrogen (secondary N) is 3. The molecule has 0 atom stereocenters. The molecule has 5 nitrogen and oxygen atoms in total. The predicted octanol–water partition coefficient (Wildman–Crippen LogP) is 2.60. The van der Waals surface area contributed by atoms with Gasteiger partial charge in [-0.15, -0.1) is 0 Å². The van der Waals surface area contributed by atoms with Crippen LogP contribution in [0.15, 0.2) is 59.6 Å². The minimum atomic E-state index is 0.373. The molecule has 1 heterocycles. The molecule has 2 aromatic rings. The first-order valence-corrected chi connectivity index (χ1v) is 6.89. The summed E-state index contributed by atoms with van der Waals surface area (Å²) in [6.45, 7) is 0.373. The predicted molar refractivity (Wildman–Crippen MR) is 88.0 cm³/mol. The Hall–Kier alpha value is -2.60. The molecule has 6 heteroatoms. The minimum absolute atomic E-state index is 0.373. The average Bonchev–Trinajstić information content (AvgIpc) is 2.54. The summed E-state index contributed by atoms with van der Waals surface area (Å²) in [6.07, 6.45) is 0. The Kier molecular flexibility index (Phi) is 3.97. The molecule has 0 amide bonds. The van der Waals surface area contributed by atoms with Gasteiger partial charge < -0.3 is 10.1 Å². The van der Waals surface area contributed by atoms with Crippen molar-refractivity contribution < 1.29 is 4.74 Å². The fourth-order valence-corrected chi connectivity index (χ4v) is 2.04. The lowest BCUT2D eigenvalue weighted by atomic mass is 10.3. The molecule has 0 saturated heterocycles. The summed E-state index contributed by atoms with van der Waals surface area (Å²) in [5.41, 5.74) is 7.57. The molecule has 0 fully saturated rings. The molecular weight excluding hydrogens is 284 g/mol. The zero-order valence-corrected chi connectivity index (χ0v) is 12.0. The third-order valence-electron chi connectivity index (χ3n) is 2.84. The number of amidine groups is 1. The highest BCUT2D eigenvalue weighted by Crippen LogP contribution is 2.29. The molecule has 1 aliphatic rings. The standard InChI is InChI=1S/C15H14N4OS/c21-15(16-11-6-2-1-3-7-11)19-18-14-10-20-13-9-5-4-8-12(13)17-14/h1-9H,10H2,(H,17,18)(H2,16,19,21). The fourth-order valence-electron chi connectivity index (χ4n) is 1.87. The van der Waals surface area contributed by atoms with E-state index in [2.05, 4.69) is 21.2 Å². The largest absolute Gasteiger partial charge is 0.483 e. The molecule has 0 aromatic heterocycles. The van der Waals surface area contributed by atoms with Crippen LogP contribution >= 0.6 is 12.2 Å². The second-order valence-corrected chi connectivity index (χ2v) is 4.79. The molecular formula is C15H14N4OS. The van der Waals surface area contributed by atoms with Crippen LogP contribution in [0.25, 0.3) is 0 Å². The van der Waals surface area contributed by atoms with Gasteiger partial charge in [-0.1, -0.05) is 30.3 Å². The van der Waals surface area contributed by atoms with Gasteiger partial charge in [0, 0.05) is 5.69 Å². The van der Waals surface area contributed by atoms with E-state index in [1.165, 1.54) is 0 Å². The molecule has 3 N–H and O–H groups in total. The fraction of sp³-hybridized carbons (Fsp3) is 0.0667. The highest BCUT2D eigenvalue weighted by Gasteiger charge is 2.11. The van der Waals surface area contributed by atoms with Gasteiger partial charge in [0.15, 0.2) is 10.9 Å². The molecule has 106 valence electrons. The van der Waals surface area contributed by atoms with Crippen LogP contribution in [-0.4, -0.2) is 17.6 Å². The number of rotatable bonds is 1. The number of hydrogen-bond acceptors (Lipinski definition) is 4. The first-order chi connectivity index (χ1) is 10.3. The van der Waals surface area contributed by atoms with E-state index < -0.39 is 0 Å². The monoisotopic (exact) mass is 298 g/mol. The van der Waals surface area contributed by atoms with Crippen molar-refractivity contribution in [1.82, 2.24) is 10.9 Å². The van der Waals surface area contributed by atoms with Crippen LogP contribution in [0.5, 0.6) is 5.75 Å². The number of ether oxygens (including phenoxy) is 1. The van der Waals surface area contributed by atoms with Crippen molar-refractivity contribution in [3.63, 3.8) is 0 Å². The van der Waals surface area contributed by atoms with Crippen molar-refractivity contribution in [2.45, 2.75) is 0 Å². The van der Waals surface area contributed by atoms with E-state index in [-0.39, 0.29) is 0 Å². The zero-order chi connectivity index (χ0) is 14.5. The Bertz CT molecular complexity index is 672. The lowest BCUT2D eigenvalue weighted by molar-refractivity contribution is 0.366. The second kappa shape index (κ2) is 6.23. The Balaban J connectivity index is 1.56. The summed E-state index contributed by atoms with van der Waals surface area (Å²) in [4.78, 5) is 4.46. The van der Waals surface area contributed by atoms with Crippen molar-refractivity contribution in [3.8, 4) is 5.75 Å². The topological polar surface area (TPSA) is 57.7 Å². The van der Waals surface area contributed by atoms with E-state index in [0.717, 1.165) is 17.1 Å². The van der Waals surface area contributed by atoms with Gasteiger partial charge in [-0.05, 0) is 36.5 Å². The summed E-state index contributed by atoms with van der Waals surface area (Å²) in [7, 11) is 0. The number of hydrazine groups is 1. The number of anilines is 1. The highest BCUT2D eigenvalue weighted by atomic mass is 32.1. The molecule has 0 bridgehead atoms. The van der Waals surface area contributed by atoms with E-state index in [0.29, 0.717) is 17.6 Å². The van der Waals surface area contributed by atoms with Gasteiger partial charge in [-0.25, -0.2) is 4.99 Å². The molecule has 0 saturated carbocycles. The Morgan fingerprint density at radius 3 is 2.67 bits per heavy atom. The Morgan fingerprint density at radius 1 is 1.05 bits per heavy atom. The number of para-hydroxylation sites is 3. The molecule has 0 radical (unpaired) electrons. The van der Waals surface area contributed by atoms with Gasteiger partial charge in [0.1, 0.15) is 18.0 Å². The second-order valence-electron chi connectivity index (χ2n) is 4.39. The lowest BCUT2D eigenvalue weighted by Crippen LogP contribution is -2.46. The summed E-state index contributed by atoms with van der Waals surface area (Å²) >= 11 is 5.20. The number of hydrogen-bond donors (Lipinski definition) is 3. The van der Waals surface area contributed by atoms with Crippen LogP contribution in [0.2, 0.25) is 0 Å². The number of nitrogens with zero attached hydrogens (tertiary/aromatic N) is 1. The van der Waals surface area contributed by atoms with Gasteiger partial charge in [0.2, 0.25) is 0 Å². The molecule has 21 heavy (non-hydrogen) atoms. The average molecular weight is 298 g/mol. The maximum Gasteiger partial charge on any atom is 0.189 e. The number of benzene rings is 2. The molecule has 1 aliphatic heterocycles. The quantitative estimate of drug-likeness (QED) is 0.558. The van der Waals surface area contributed by atoms with E-state index in [1.54, 1.807) is 0 Å². The SMILES string of the molecule is S=C(NNC1=Nc2ccccc2OC1)Nc1ccccc1. The van der Waals surface area contributed by atoms with E-state index in [1.807, 2.05) is 54.6 Å². The third-order valence-corrected chi connectivity index (χ3v) is 3.04. The smallest absolute Gasteiger partial charge is 0.189 e. The molecule has 0 unspecified atom stereocenters. The van der Waals surface area contributed by atoms with Crippen molar-refractivity contribution in [2.75, 3.05) is 11.9 Å². The van der Waals surface area contributed by atoms with E-state index in [4.69, 9.17) is 17.0 Å². The van der Waals surface area contributed by atoms with E-state index in [9.17, 15) is 0 Å². The summed E-state index contributed by atoms with van der Waals surface area (Å²) in [6, 6.07) is 17.3. The van der Waals surface area contributed by atoms with Crippen LogP contribution in [0.1, 0.15) is 0 Å².